The van der Waals surface area contributed by atoms with E-state index in [4.69, 9.17) is 4.42 Å². The monoisotopic (exact) mass is 362 g/mol. The zero-order chi connectivity index (χ0) is 18.3. The van der Waals surface area contributed by atoms with Crippen molar-refractivity contribution in [3.8, 4) is 0 Å². The molecule has 2 heterocycles. The lowest BCUT2D eigenvalue weighted by Gasteiger charge is -2.02. The van der Waals surface area contributed by atoms with E-state index in [0.717, 1.165) is 22.3 Å². The van der Waals surface area contributed by atoms with Gasteiger partial charge in [0.15, 0.2) is 5.89 Å². The number of hydrogen-bond acceptors (Lipinski definition) is 4. The van der Waals surface area contributed by atoms with Gasteiger partial charge in [0, 0.05) is 12.3 Å². The molecule has 140 valence electrons. The highest BCUT2D eigenvalue weighted by Crippen LogP contribution is 2.15. The number of aryl methyl sites for hydroxylation is 2. The maximum Gasteiger partial charge on any atom is 0.191 e. The van der Waals surface area contributed by atoms with E-state index < -0.39 is 0 Å². The van der Waals surface area contributed by atoms with Crippen molar-refractivity contribution >= 4 is 23.5 Å². The molecule has 0 aromatic carbocycles. The molecule has 0 amide bonds. The average molecular weight is 363 g/mol. The third-order valence-corrected chi connectivity index (χ3v) is 4.64. The summed E-state index contributed by atoms with van der Waals surface area (Å²) in [5.41, 5.74) is 4.73. The molecule has 3 nitrogen and oxygen atoms in total. The number of hydrogen-bond donors (Lipinski definition) is 0. The highest BCUT2D eigenvalue weighted by Gasteiger charge is 2.00. The van der Waals surface area contributed by atoms with Crippen LogP contribution in [-0.2, 0) is 0 Å². The molecule has 0 fully saturated rings. The summed E-state index contributed by atoms with van der Waals surface area (Å²) in [6.45, 7) is 16.9. The van der Waals surface area contributed by atoms with Crippen LogP contribution < -0.4 is 0 Å². The summed E-state index contributed by atoms with van der Waals surface area (Å²) in [5, 5.41) is 3.24. The molecule has 0 aliphatic carbocycles. The summed E-state index contributed by atoms with van der Waals surface area (Å²) in [7, 11) is 0. The molecular formula is C21H34N2OS. The van der Waals surface area contributed by atoms with Gasteiger partial charge < -0.3 is 4.42 Å². The second-order valence-corrected chi connectivity index (χ2v) is 7.73. The van der Waals surface area contributed by atoms with Gasteiger partial charge in [-0.05, 0) is 44.8 Å². The summed E-state index contributed by atoms with van der Waals surface area (Å²) >= 11 is 1.70. The maximum absolute atomic E-state index is 5.09. The first-order valence-corrected chi connectivity index (χ1v) is 9.27. The zero-order valence-electron chi connectivity index (χ0n) is 16.2. The van der Waals surface area contributed by atoms with Crippen LogP contribution in [0.4, 0.5) is 0 Å². The normalized spacial score (nSPS) is 12.1. The molecule has 4 heteroatoms. The highest BCUT2D eigenvalue weighted by atomic mass is 32.1. The van der Waals surface area contributed by atoms with E-state index in [1.54, 1.807) is 17.6 Å². The van der Waals surface area contributed by atoms with Gasteiger partial charge in [0.25, 0.3) is 0 Å². The smallest absolute Gasteiger partial charge is 0.191 e. The van der Waals surface area contributed by atoms with E-state index in [-0.39, 0.29) is 7.43 Å². The van der Waals surface area contributed by atoms with Gasteiger partial charge in [-0.3, -0.25) is 0 Å². The summed E-state index contributed by atoms with van der Waals surface area (Å²) in [6.07, 6.45) is 5.90. The minimum atomic E-state index is 0. The topological polar surface area (TPSA) is 38.9 Å². The molecule has 0 atom stereocenters. The molecule has 0 unspecified atom stereocenters. The molecule has 0 aliphatic heterocycles. The van der Waals surface area contributed by atoms with Crippen molar-refractivity contribution in [2.24, 2.45) is 11.8 Å². The van der Waals surface area contributed by atoms with Crippen molar-refractivity contribution in [3.05, 3.63) is 45.1 Å². The summed E-state index contributed by atoms with van der Waals surface area (Å²) in [5.74, 6) is 1.91. The number of allylic oxidation sites excluding steroid dienone is 2. The fraction of sp³-hybridized carbons (Fsp3) is 0.524. The Morgan fingerprint density at radius 2 is 1.48 bits per heavy atom. The van der Waals surface area contributed by atoms with Crippen molar-refractivity contribution < 1.29 is 4.42 Å². The van der Waals surface area contributed by atoms with Crippen LogP contribution in [0.3, 0.4) is 0 Å². The van der Waals surface area contributed by atoms with Crippen LogP contribution >= 0.6 is 11.3 Å². The molecule has 2 aromatic rings. The van der Waals surface area contributed by atoms with Crippen LogP contribution in [-0.4, -0.2) is 9.97 Å². The minimum absolute atomic E-state index is 0. The van der Waals surface area contributed by atoms with Gasteiger partial charge in [-0.15, -0.1) is 11.3 Å². The average Bonchev–Trinajstić information content (AvgIpc) is 3.08. The van der Waals surface area contributed by atoms with Crippen molar-refractivity contribution in [1.29, 1.82) is 0 Å². The van der Waals surface area contributed by atoms with Crippen LogP contribution in [0.5, 0.6) is 0 Å². The molecule has 0 radical (unpaired) electrons. The van der Waals surface area contributed by atoms with Gasteiger partial charge in [0.05, 0.1) is 10.7 Å². The van der Waals surface area contributed by atoms with E-state index >= 15 is 0 Å². The Morgan fingerprint density at radius 1 is 0.960 bits per heavy atom. The van der Waals surface area contributed by atoms with E-state index in [1.807, 2.05) is 13.8 Å². The standard InChI is InChI=1S/C10H15NO.C10H15NS.CH4/c2*1-7(2)8(3)5-10-6-12-9(4)11-10;/h2*5-7H,1-4H3;1H4/b2*8-5+;. The van der Waals surface area contributed by atoms with Crippen LogP contribution in [0.25, 0.3) is 12.2 Å². The van der Waals surface area contributed by atoms with Crippen LogP contribution in [0.2, 0.25) is 0 Å². The van der Waals surface area contributed by atoms with Crippen molar-refractivity contribution in [1.82, 2.24) is 9.97 Å². The number of oxazole rings is 1. The first-order valence-electron chi connectivity index (χ1n) is 8.39. The Morgan fingerprint density at radius 3 is 1.84 bits per heavy atom. The second kappa shape index (κ2) is 11.0. The van der Waals surface area contributed by atoms with Crippen molar-refractivity contribution in [2.75, 3.05) is 0 Å². The van der Waals surface area contributed by atoms with E-state index in [2.05, 4.69) is 69.0 Å². The molecular weight excluding hydrogens is 328 g/mol. The van der Waals surface area contributed by atoms with Gasteiger partial charge in [-0.2, -0.15) is 0 Å². The molecule has 0 bridgehead atoms. The van der Waals surface area contributed by atoms with Crippen LogP contribution in [0.1, 0.15) is 71.3 Å². The largest absolute Gasteiger partial charge is 0.449 e. The minimum Gasteiger partial charge on any atom is -0.449 e. The number of aromatic nitrogens is 2. The fourth-order valence-corrected chi connectivity index (χ4v) is 2.26. The highest BCUT2D eigenvalue weighted by molar-refractivity contribution is 7.09. The number of nitrogens with zero attached hydrogens (tertiary/aromatic N) is 2. The molecule has 0 spiro atoms. The first-order chi connectivity index (χ1) is 11.2. The van der Waals surface area contributed by atoms with E-state index in [0.29, 0.717) is 11.8 Å². The van der Waals surface area contributed by atoms with E-state index in [9.17, 15) is 0 Å². The molecule has 0 aliphatic rings. The molecule has 0 N–H and O–H groups in total. The lowest BCUT2D eigenvalue weighted by molar-refractivity contribution is 0.521. The van der Waals surface area contributed by atoms with Gasteiger partial charge in [0.2, 0.25) is 0 Å². The zero-order valence-corrected chi connectivity index (χ0v) is 17.0. The quantitative estimate of drug-likeness (QED) is 0.577. The predicted molar refractivity (Wildman–Crippen MR) is 112 cm³/mol. The van der Waals surface area contributed by atoms with Crippen LogP contribution in [0, 0.1) is 25.7 Å². The Kier molecular flexibility index (Phi) is 10.3. The third kappa shape index (κ3) is 8.82. The molecule has 2 aromatic heterocycles. The lowest BCUT2D eigenvalue weighted by Crippen LogP contribution is -1.88. The number of rotatable bonds is 4. The summed E-state index contributed by atoms with van der Waals surface area (Å²) in [6, 6.07) is 0. The van der Waals surface area contributed by atoms with Gasteiger partial charge in [0.1, 0.15) is 12.0 Å². The van der Waals surface area contributed by atoms with Crippen molar-refractivity contribution in [3.63, 3.8) is 0 Å². The van der Waals surface area contributed by atoms with Crippen LogP contribution in [0.15, 0.2) is 27.2 Å². The Bertz CT molecular complexity index is 630. The Hall–Kier alpha value is -1.68. The SMILES string of the molecule is C.C/C(=C\c1coc(C)n1)C(C)C.C/C(=C\c1csc(C)n1)C(C)C. The van der Waals surface area contributed by atoms with Crippen molar-refractivity contribution in [2.45, 2.75) is 62.8 Å². The van der Waals surface area contributed by atoms with Gasteiger partial charge in [-0.25, -0.2) is 9.97 Å². The Balaban J connectivity index is 0.000000443. The third-order valence-electron chi connectivity index (χ3n) is 3.85. The first kappa shape index (κ1) is 23.3. The molecule has 0 saturated heterocycles. The molecule has 25 heavy (non-hydrogen) atoms. The predicted octanol–water partition coefficient (Wildman–Crippen LogP) is 7.19. The lowest BCUT2D eigenvalue weighted by atomic mass is 10.0. The Labute approximate surface area is 157 Å². The van der Waals surface area contributed by atoms with Gasteiger partial charge in [-0.1, -0.05) is 46.3 Å². The van der Waals surface area contributed by atoms with Gasteiger partial charge >= 0.3 is 0 Å². The van der Waals surface area contributed by atoms with E-state index in [1.165, 1.54) is 11.1 Å². The fourth-order valence-electron chi connectivity index (χ4n) is 1.69. The molecule has 0 saturated carbocycles. The summed E-state index contributed by atoms with van der Waals surface area (Å²) in [4.78, 5) is 8.57. The second-order valence-electron chi connectivity index (χ2n) is 6.67. The molecule has 2 rings (SSSR count). The number of thiazole rings is 1. The summed E-state index contributed by atoms with van der Waals surface area (Å²) < 4.78 is 5.09. The maximum atomic E-state index is 5.09.